The Morgan fingerprint density at radius 1 is 1.00 bits per heavy atom. The lowest BCUT2D eigenvalue weighted by atomic mass is 9.65. The fourth-order valence-electron chi connectivity index (χ4n) is 3.83. The molecule has 2 fully saturated rings. The smallest absolute Gasteiger partial charge is 0.00949 e. The van der Waals surface area contributed by atoms with Crippen LogP contribution in [0.5, 0.6) is 0 Å². The lowest BCUT2D eigenvalue weighted by Crippen LogP contribution is -2.48. The van der Waals surface area contributed by atoms with Crippen molar-refractivity contribution in [3.8, 4) is 0 Å². The lowest BCUT2D eigenvalue weighted by Gasteiger charge is -2.48. The molecule has 1 heteroatoms. The van der Waals surface area contributed by atoms with Gasteiger partial charge in [0.05, 0.1) is 0 Å². The summed E-state index contributed by atoms with van der Waals surface area (Å²) in [6.45, 7) is 10.4. The van der Waals surface area contributed by atoms with E-state index in [9.17, 15) is 0 Å². The minimum Gasteiger partial charge on any atom is -0.303 e. The minimum absolute atomic E-state index is 0.836. The van der Waals surface area contributed by atoms with Crippen molar-refractivity contribution in [2.24, 2.45) is 17.8 Å². The van der Waals surface area contributed by atoms with Crippen molar-refractivity contribution >= 4 is 0 Å². The Morgan fingerprint density at radius 3 is 2.24 bits per heavy atom. The van der Waals surface area contributed by atoms with Gasteiger partial charge < -0.3 is 4.90 Å². The summed E-state index contributed by atoms with van der Waals surface area (Å²) in [5.74, 6) is 3.11. The number of piperidine rings is 1. The molecule has 0 bridgehead atoms. The monoisotopic (exact) mass is 239 g/mol. The number of likely N-dealkylation sites (tertiary alicyclic amines) is 1. The van der Waals surface area contributed by atoms with Crippen LogP contribution in [-0.2, 0) is 0 Å². The molecule has 0 radical (unpaired) electrons. The Bertz CT molecular complexity index is 200. The molecule has 1 aliphatic heterocycles. The highest BCUT2D eigenvalue weighted by molar-refractivity contribution is 4.91. The number of hydrogen-bond donors (Lipinski definition) is 0. The molecule has 4 atom stereocenters. The third-order valence-electron chi connectivity index (χ3n) is 4.92. The van der Waals surface area contributed by atoms with E-state index in [1.54, 1.807) is 0 Å². The Hall–Kier alpha value is -0.0400. The van der Waals surface area contributed by atoms with Crippen molar-refractivity contribution < 1.29 is 0 Å². The second-order valence-corrected chi connectivity index (χ2v) is 6.14. The fourth-order valence-corrected chi connectivity index (χ4v) is 3.83. The summed E-state index contributed by atoms with van der Waals surface area (Å²) < 4.78 is 0. The Labute approximate surface area is 109 Å². The predicted molar refractivity (Wildman–Crippen MR) is 77.3 cm³/mol. The van der Waals surface area contributed by atoms with Crippen LogP contribution in [0.4, 0.5) is 0 Å². The van der Waals surface area contributed by atoms with Crippen molar-refractivity contribution in [1.82, 2.24) is 4.90 Å². The molecule has 4 unspecified atom stereocenters. The molecule has 0 aromatic carbocycles. The molecule has 0 amide bonds. The van der Waals surface area contributed by atoms with E-state index in [4.69, 9.17) is 0 Å². The van der Waals surface area contributed by atoms with Crippen molar-refractivity contribution in [2.75, 3.05) is 13.6 Å². The van der Waals surface area contributed by atoms with Gasteiger partial charge >= 0.3 is 0 Å². The molecule has 1 nitrogen and oxygen atoms in total. The molecule has 2 aliphatic rings. The molecule has 17 heavy (non-hydrogen) atoms. The standard InChI is InChI=1S/C13H25N.C3H8/c1-4-11-6-5-7-12-10(2)14(3)9-8-13(11)12;1-3-2/h10-13H,4-9H2,1-3H3;3H2,1-2H3. The summed E-state index contributed by atoms with van der Waals surface area (Å²) in [5.41, 5.74) is 0. The third kappa shape index (κ3) is 3.71. The third-order valence-corrected chi connectivity index (χ3v) is 4.92. The first-order valence-electron chi connectivity index (χ1n) is 7.85. The average molecular weight is 239 g/mol. The van der Waals surface area contributed by atoms with E-state index in [1.807, 2.05) is 0 Å². The Kier molecular flexibility index (Phi) is 6.54. The fraction of sp³-hybridized carbons (Fsp3) is 1.00. The van der Waals surface area contributed by atoms with Crippen LogP contribution in [-0.4, -0.2) is 24.5 Å². The van der Waals surface area contributed by atoms with E-state index in [2.05, 4.69) is 39.6 Å². The number of rotatable bonds is 1. The second-order valence-electron chi connectivity index (χ2n) is 6.14. The van der Waals surface area contributed by atoms with E-state index < -0.39 is 0 Å². The van der Waals surface area contributed by atoms with Crippen molar-refractivity contribution in [1.29, 1.82) is 0 Å². The van der Waals surface area contributed by atoms with Crippen molar-refractivity contribution in [2.45, 2.75) is 72.3 Å². The topological polar surface area (TPSA) is 3.24 Å². The molecular weight excluding hydrogens is 206 g/mol. The summed E-state index contributed by atoms with van der Waals surface area (Å²) in [4.78, 5) is 2.57. The zero-order valence-corrected chi connectivity index (χ0v) is 12.7. The molecule has 0 aromatic heterocycles. The quantitative estimate of drug-likeness (QED) is 0.648. The van der Waals surface area contributed by atoms with Gasteiger partial charge in [0.1, 0.15) is 0 Å². The maximum atomic E-state index is 2.57. The maximum Gasteiger partial charge on any atom is 0.00949 e. The molecule has 2 rings (SSSR count). The van der Waals surface area contributed by atoms with E-state index >= 15 is 0 Å². The largest absolute Gasteiger partial charge is 0.303 e. The zero-order valence-electron chi connectivity index (χ0n) is 12.7. The molecule has 0 aromatic rings. The van der Waals surface area contributed by atoms with Gasteiger partial charge in [-0.1, -0.05) is 46.5 Å². The molecule has 0 N–H and O–H groups in total. The van der Waals surface area contributed by atoms with Gasteiger partial charge in [-0.15, -0.1) is 0 Å². The summed E-state index contributed by atoms with van der Waals surface area (Å²) >= 11 is 0. The summed E-state index contributed by atoms with van der Waals surface area (Å²) in [5, 5.41) is 0. The summed E-state index contributed by atoms with van der Waals surface area (Å²) in [6, 6.07) is 0.836. The van der Waals surface area contributed by atoms with Gasteiger partial charge in [-0.05, 0) is 51.1 Å². The Morgan fingerprint density at radius 2 is 1.65 bits per heavy atom. The van der Waals surface area contributed by atoms with Crippen LogP contribution >= 0.6 is 0 Å². The number of nitrogens with zero attached hydrogens (tertiary/aromatic N) is 1. The highest BCUT2D eigenvalue weighted by Gasteiger charge is 2.39. The molecule has 1 saturated heterocycles. The van der Waals surface area contributed by atoms with Crippen LogP contribution in [0.15, 0.2) is 0 Å². The maximum absolute atomic E-state index is 2.57. The first kappa shape index (κ1) is 15.0. The number of hydrogen-bond acceptors (Lipinski definition) is 1. The summed E-state index contributed by atoms with van der Waals surface area (Å²) in [6.07, 6.45) is 8.61. The normalized spacial score (nSPS) is 37.9. The lowest BCUT2D eigenvalue weighted by molar-refractivity contribution is 0.0150. The van der Waals surface area contributed by atoms with Crippen molar-refractivity contribution in [3.05, 3.63) is 0 Å². The van der Waals surface area contributed by atoms with Gasteiger partial charge in [0.15, 0.2) is 0 Å². The highest BCUT2D eigenvalue weighted by Crippen LogP contribution is 2.43. The zero-order chi connectivity index (χ0) is 12.8. The molecule has 1 saturated carbocycles. The van der Waals surface area contributed by atoms with Gasteiger partial charge in [-0.3, -0.25) is 0 Å². The molecular formula is C16H33N. The minimum atomic E-state index is 0.836. The van der Waals surface area contributed by atoms with E-state index in [0.717, 1.165) is 23.8 Å². The van der Waals surface area contributed by atoms with Gasteiger partial charge in [0, 0.05) is 6.04 Å². The average Bonchev–Trinajstić information content (AvgIpc) is 2.34. The van der Waals surface area contributed by atoms with Crippen LogP contribution in [0.2, 0.25) is 0 Å². The first-order chi connectivity index (χ1) is 8.15. The Balaban J connectivity index is 0.000000437. The van der Waals surface area contributed by atoms with Crippen LogP contribution in [0, 0.1) is 17.8 Å². The van der Waals surface area contributed by atoms with Gasteiger partial charge in [0.25, 0.3) is 0 Å². The predicted octanol–water partition coefficient (Wildman–Crippen LogP) is 4.57. The molecule has 0 spiro atoms. The van der Waals surface area contributed by atoms with E-state index in [0.29, 0.717) is 0 Å². The van der Waals surface area contributed by atoms with Crippen LogP contribution in [0.3, 0.4) is 0 Å². The van der Waals surface area contributed by atoms with Gasteiger partial charge in [-0.25, -0.2) is 0 Å². The SMILES string of the molecule is CCC.CCC1CCCC2C1CCN(C)C2C. The van der Waals surface area contributed by atoms with Crippen molar-refractivity contribution in [3.63, 3.8) is 0 Å². The summed E-state index contributed by atoms with van der Waals surface area (Å²) in [7, 11) is 2.30. The first-order valence-corrected chi connectivity index (χ1v) is 7.85. The van der Waals surface area contributed by atoms with Gasteiger partial charge in [0.2, 0.25) is 0 Å². The van der Waals surface area contributed by atoms with E-state index in [-0.39, 0.29) is 0 Å². The van der Waals surface area contributed by atoms with Crippen LogP contribution < -0.4 is 0 Å². The van der Waals surface area contributed by atoms with Crippen LogP contribution in [0.1, 0.15) is 66.2 Å². The highest BCUT2D eigenvalue weighted by atomic mass is 15.1. The van der Waals surface area contributed by atoms with Crippen LogP contribution in [0.25, 0.3) is 0 Å². The molecule has 102 valence electrons. The van der Waals surface area contributed by atoms with Gasteiger partial charge in [-0.2, -0.15) is 0 Å². The second kappa shape index (κ2) is 7.41. The molecule has 1 heterocycles. The number of fused-ring (bicyclic) bond motifs is 1. The van der Waals surface area contributed by atoms with E-state index in [1.165, 1.54) is 45.1 Å². The molecule has 1 aliphatic carbocycles.